The van der Waals surface area contributed by atoms with Gasteiger partial charge in [-0.05, 0) is 42.8 Å². The number of nitrogens with zero attached hydrogens (tertiary/aromatic N) is 1. The van der Waals surface area contributed by atoms with E-state index in [1.54, 1.807) is 42.5 Å². The molecule has 2 amide bonds. The van der Waals surface area contributed by atoms with Gasteiger partial charge in [-0.3, -0.25) is 9.59 Å². The molecular formula is C24H19FN2O3. The predicted molar refractivity (Wildman–Crippen MR) is 113 cm³/mol. The molecule has 0 radical (unpaired) electrons. The van der Waals surface area contributed by atoms with Crippen molar-refractivity contribution < 1.29 is 18.7 Å². The Balaban J connectivity index is 1.79. The number of amides is 2. The molecule has 1 aliphatic rings. The number of ether oxygens (including phenoxy) is 1. The first kappa shape index (κ1) is 19.4. The lowest BCUT2D eigenvalue weighted by Crippen LogP contribution is -2.32. The summed E-state index contributed by atoms with van der Waals surface area (Å²) in [4.78, 5) is 27.5. The summed E-state index contributed by atoms with van der Waals surface area (Å²) in [5.41, 5.74) is 1.74. The molecule has 6 heteroatoms. The minimum absolute atomic E-state index is 0.129. The van der Waals surface area contributed by atoms with E-state index in [2.05, 4.69) is 5.32 Å². The monoisotopic (exact) mass is 402 g/mol. The van der Waals surface area contributed by atoms with Crippen LogP contribution in [0.1, 0.15) is 12.5 Å². The number of hydrogen-bond acceptors (Lipinski definition) is 4. The molecule has 0 fully saturated rings. The molecule has 4 rings (SSSR count). The van der Waals surface area contributed by atoms with Gasteiger partial charge < -0.3 is 10.1 Å². The molecular weight excluding hydrogens is 383 g/mol. The van der Waals surface area contributed by atoms with E-state index < -0.39 is 17.6 Å². The Hall–Kier alpha value is -3.93. The van der Waals surface area contributed by atoms with Crippen molar-refractivity contribution in [2.45, 2.75) is 6.92 Å². The SMILES string of the molecule is CCOc1cccc(NC2=C(c3ccccc3)C(=O)N(c3cccc(F)c3)C2=O)c1. The average molecular weight is 402 g/mol. The van der Waals surface area contributed by atoms with E-state index in [1.807, 2.05) is 19.1 Å². The zero-order valence-corrected chi connectivity index (χ0v) is 16.3. The van der Waals surface area contributed by atoms with Gasteiger partial charge in [-0.1, -0.05) is 42.5 Å². The van der Waals surface area contributed by atoms with Crippen molar-refractivity contribution in [3.8, 4) is 5.75 Å². The number of halogens is 1. The molecule has 150 valence electrons. The van der Waals surface area contributed by atoms with Crippen molar-refractivity contribution in [2.24, 2.45) is 0 Å². The lowest BCUT2D eigenvalue weighted by atomic mass is 10.0. The Morgan fingerprint density at radius 1 is 0.900 bits per heavy atom. The van der Waals surface area contributed by atoms with Crippen LogP contribution < -0.4 is 15.0 Å². The smallest absolute Gasteiger partial charge is 0.282 e. The fourth-order valence-corrected chi connectivity index (χ4v) is 3.34. The molecule has 0 bridgehead atoms. The number of rotatable bonds is 6. The third-order valence-electron chi connectivity index (χ3n) is 4.63. The molecule has 3 aromatic carbocycles. The summed E-state index contributed by atoms with van der Waals surface area (Å²) in [5, 5.41) is 3.08. The normalized spacial score (nSPS) is 13.7. The van der Waals surface area contributed by atoms with Crippen LogP contribution in [0.25, 0.3) is 5.57 Å². The first-order chi connectivity index (χ1) is 14.6. The molecule has 1 heterocycles. The third-order valence-corrected chi connectivity index (χ3v) is 4.63. The first-order valence-corrected chi connectivity index (χ1v) is 9.52. The quantitative estimate of drug-likeness (QED) is 0.611. The lowest BCUT2D eigenvalue weighted by Gasteiger charge is -2.15. The summed E-state index contributed by atoms with van der Waals surface area (Å²) in [6.45, 7) is 2.39. The molecule has 1 aliphatic heterocycles. The van der Waals surface area contributed by atoms with E-state index in [4.69, 9.17) is 4.74 Å². The van der Waals surface area contributed by atoms with E-state index in [9.17, 15) is 14.0 Å². The predicted octanol–water partition coefficient (Wildman–Crippen LogP) is 4.62. The zero-order valence-electron chi connectivity index (χ0n) is 16.3. The molecule has 1 N–H and O–H groups in total. The maximum absolute atomic E-state index is 13.8. The van der Waals surface area contributed by atoms with Crippen LogP contribution in [0, 0.1) is 5.82 Å². The van der Waals surface area contributed by atoms with Crippen LogP contribution in [0.4, 0.5) is 15.8 Å². The molecule has 0 unspecified atom stereocenters. The second-order valence-electron chi connectivity index (χ2n) is 6.63. The number of carbonyl (C=O) groups is 2. The minimum Gasteiger partial charge on any atom is -0.494 e. The van der Waals surface area contributed by atoms with Gasteiger partial charge in [-0.25, -0.2) is 9.29 Å². The molecule has 30 heavy (non-hydrogen) atoms. The first-order valence-electron chi connectivity index (χ1n) is 9.52. The Morgan fingerprint density at radius 2 is 1.67 bits per heavy atom. The molecule has 0 atom stereocenters. The van der Waals surface area contributed by atoms with Crippen LogP contribution in [0.5, 0.6) is 5.75 Å². The van der Waals surface area contributed by atoms with E-state index >= 15 is 0 Å². The Bertz CT molecular complexity index is 1140. The molecule has 0 aliphatic carbocycles. The summed E-state index contributed by atoms with van der Waals surface area (Å²) < 4.78 is 19.3. The van der Waals surface area contributed by atoms with E-state index in [-0.39, 0.29) is 17.0 Å². The van der Waals surface area contributed by atoms with Crippen LogP contribution in [-0.4, -0.2) is 18.4 Å². The van der Waals surface area contributed by atoms with E-state index in [0.29, 0.717) is 23.6 Å². The van der Waals surface area contributed by atoms with Crippen LogP contribution in [0.3, 0.4) is 0 Å². The Morgan fingerprint density at radius 3 is 2.40 bits per heavy atom. The van der Waals surface area contributed by atoms with Crippen molar-refractivity contribution in [3.63, 3.8) is 0 Å². The van der Waals surface area contributed by atoms with E-state index in [1.165, 1.54) is 18.2 Å². The summed E-state index contributed by atoms with van der Waals surface area (Å²) in [7, 11) is 0. The van der Waals surface area contributed by atoms with Crippen molar-refractivity contribution in [1.82, 2.24) is 0 Å². The largest absolute Gasteiger partial charge is 0.494 e. The van der Waals surface area contributed by atoms with Gasteiger partial charge in [-0.15, -0.1) is 0 Å². The number of carbonyl (C=O) groups excluding carboxylic acids is 2. The molecule has 5 nitrogen and oxygen atoms in total. The fraction of sp³-hybridized carbons (Fsp3) is 0.0833. The Kier molecular flexibility index (Phi) is 5.30. The van der Waals surface area contributed by atoms with E-state index in [0.717, 1.165) is 11.0 Å². The summed E-state index contributed by atoms with van der Waals surface area (Å²) in [6, 6.07) is 21.5. The van der Waals surface area contributed by atoms with Crippen molar-refractivity contribution in [2.75, 3.05) is 16.8 Å². The highest BCUT2D eigenvalue weighted by Crippen LogP contribution is 2.34. The van der Waals surface area contributed by atoms with Crippen LogP contribution in [0.15, 0.2) is 84.6 Å². The second-order valence-corrected chi connectivity index (χ2v) is 6.63. The van der Waals surface area contributed by atoms with Crippen molar-refractivity contribution >= 4 is 28.8 Å². The van der Waals surface area contributed by atoms with Crippen LogP contribution in [-0.2, 0) is 9.59 Å². The van der Waals surface area contributed by atoms with Gasteiger partial charge in [0.2, 0.25) is 0 Å². The fourth-order valence-electron chi connectivity index (χ4n) is 3.34. The topological polar surface area (TPSA) is 58.6 Å². The number of imide groups is 1. The number of hydrogen-bond donors (Lipinski definition) is 1. The maximum atomic E-state index is 13.8. The van der Waals surface area contributed by atoms with Crippen LogP contribution >= 0.6 is 0 Å². The summed E-state index contributed by atoms with van der Waals surface area (Å²) in [5.74, 6) is -0.949. The number of nitrogens with one attached hydrogen (secondary N) is 1. The van der Waals surface area contributed by atoms with Crippen molar-refractivity contribution in [1.29, 1.82) is 0 Å². The molecule has 0 saturated heterocycles. The third kappa shape index (κ3) is 3.67. The second kappa shape index (κ2) is 8.21. The molecule has 0 spiro atoms. The lowest BCUT2D eigenvalue weighted by molar-refractivity contribution is -0.120. The Labute approximate surface area is 173 Å². The number of anilines is 2. The van der Waals surface area contributed by atoms with Gasteiger partial charge in [0, 0.05) is 11.8 Å². The summed E-state index contributed by atoms with van der Waals surface area (Å²) >= 11 is 0. The highest BCUT2D eigenvalue weighted by molar-refractivity contribution is 6.46. The van der Waals surface area contributed by atoms with Gasteiger partial charge in [0.05, 0.1) is 17.9 Å². The standard InChI is InChI=1S/C24H19FN2O3/c1-2-30-20-13-7-11-18(15-20)26-22-21(16-8-4-3-5-9-16)23(28)27(24(22)29)19-12-6-10-17(25)14-19/h3-15,26H,2H2,1H3. The molecule has 0 saturated carbocycles. The van der Waals surface area contributed by atoms with Gasteiger partial charge in [0.15, 0.2) is 0 Å². The van der Waals surface area contributed by atoms with Crippen molar-refractivity contribution in [3.05, 3.63) is 95.9 Å². The van der Waals surface area contributed by atoms with Crippen LogP contribution in [0.2, 0.25) is 0 Å². The minimum atomic E-state index is -0.550. The summed E-state index contributed by atoms with van der Waals surface area (Å²) in [6.07, 6.45) is 0. The molecule has 0 aromatic heterocycles. The van der Waals surface area contributed by atoms with Gasteiger partial charge in [-0.2, -0.15) is 0 Å². The zero-order chi connectivity index (χ0) is 21.1. The molecule has 3 aromatic rings. The maximum Gasteiger partial charge on any atom is 0.282 e. The number of benzene rings is 3. The average Bonchev–Trinajstić information content (AvgIpc) is 2.99. The van der Waals surface area contributed by atoms with Gasteiger partial charge in [0.25, 0.3) is 11.8 Å². The van der Waals surface area contributed by atoms with Gasteiger partial charge >= 0.3 is 0 Å². The van der Waals surface area contributed by atoms with Gasteiger partial charge in [0.1, 0.15) is 17.3 Å². The highest BCUT2D eigenvalue weighted by atomic mass is 19.1. The highest BCUT2D eigenvalue weighted by Gasteiger charge is 2.40.